The van der Waals surface area contributed by atoms with E-state index in [4.69, 9.17) is 9.47 Å². The van der Waals surface area contributed by atoms with Gasteiger partial charge >= 0.3 is 0 Å². The number of carbonyl (C=O) groups is 1. The monoisotopic (exact) mass is 363 g/mol. The molecule has 2 aromatic carbocycles. The molecule has 0 spiro atoms. The molecule has 140 valence electrons. The van der Waals surface area contributed by atoms with Gasteiger partial charge in [0.2, 0.25) is 12.2 Å². The van der Waals surface area contributed by atoms with Crippen LogP contribution in [0.1, 0.15) is 43.7 Å². The molecule has 1 N–H and O–H groups in total. The summed E-state index contributed by atoms with van der Waals surface area (Å²) in [5, 5.41) is 3.16. The van der Waals surface area contributed by atoms with E-state index in [0.29, 0.717) is 6.54 Å². The third kappa shape index (κ3) is 2.99. The molecular weight excluding hydrogens is 338 g/mol. The fraction of sp³-hybridized carbons (Fsp3) is 0.348. The molecule has 0 unspecified atom stereocenters. The van der Waals surface area contributed by atoms with E-state index in [9.17, 15) is 4.79 Å². The van der Waals surface area contributed by atoms with Crippen LogP contribution in [0.5, 0.6) is 0 Å². The van der Waals surface area contributed by atoms with Gasteiger partial charge in [0, 0.05) is 13.0 Å². The third-order valence-corrected chi connectivity index (χ3v) is 5.49. The van der Waals surface area contributed by atoms with Gasteiger partial charge in [0.25, 0.3) is 0 Å². The highest BCUT2D eigenvalue weighted by atomic mass is 16.7. The number of rotatable bonds is 7. The van der Waals surface area contributed by atoms with Crippen molar-refractivity contribution in [1.29, 1.82) is 0 Å². The summed E-state index contributed by atoms with van der Waals surface area (Å²) < 4.78 is 10.8. The Morgan fingerprint density at radius 3 is 2.19 bits per heavy atom. The number of fused-ring (bicyclic) bond motifs is 3. The van der Waals surface area contributed by atoms with Gasteiger partial charge < -0.3 is 14.8 Å². The number of hydrogen-bond acceptors (Lipinski definition) is 3. The van der Waals surface area contributed by atoms with Crippen LogP contribution < -0.4 is 5.32 Å². The van der Waals surface area contributed by atoms with Crippen LogP contribution in [0.2, 0.25) is 0 Å². The average Bonchev–Trinajstić information content (AvgIpc) is 3.32. The molecular formula is C23H25NO3. The maximum atomic E-state index is 13.5. The summed E-state index contributed by atoms with van der Waals surface area (Å²) in [6, 6.07) is 16.6. The molecule has 0 saturated heterocycles. The Bertz CT molecular complexity index is 805. The van der Waals surface area contributed by atoms with Crippen LogP contribution in [0.15, 0.2) is 61.1 Å². The molecule has 0 atom stereocenters. The smallest absolute Gasteiger partial charge is 0.239 e. The molecule has 2 aliphatic rings. The van der Waals surface area contributed by atoms with E-state index in [2.05, 4.69) is 36.5 Å². The summed E-state index contributed by atoms with van der Waals surface area (Å²) in [6.45, 7) is 2.76. The molecule has 0 aromatic heterocycles. The minimum absolute atomic E-state index is 0.0909. The summed E-state index contributed by atoms with van der Waals surface area (Å²) in [5.74, 6) is 0.0909. The lowest BCUT2D eigenvalue weighted by Gasteiger charge is -2.31. The molecule has 1 aliphatic heterocycles. The van der Waals surface area contributed by atoms with Crippen molar-refractivity contribution < 1.29 is 14.3 Å². The standard InChI is InChI=1S/C23H25NO3/c1-2-14-24-22(25)23(13-7-12-21-26-15-16-27-21)19-10-5-3-8-17(19)18-9-4-6-11-20(18)23/h3-6,8-11,15-16,21H,2,7,12-14H2,1H3,(H,24,25). The quantitative estimate of drug-likeness (QED) is 0.788. The number of benzene rings is 2. The van der Waals surface area contributed by atoms with Gasteiger partial charge in [-0.05, 0) is 41.5 Å². The van der Waals surface area contributed by atoms with Gasteiger partial charge in [-0.1, -0.05) is 55.5 Å². The molecule has 0 radical (unpaired) electrons. The number of carbonyl (C=O) groups excluding carboxylic acids is 1. The Balaban J connectivity index is 1.71. The maximum absolute atomic E-state index is 13.5. The normalized spacial score (nSPS) is 16.3. The second kappa shape index (κ2) is 7.47. The molecule has 27 heavy (non-hydrogen) atoms. The maximum Gasteiger partial charge on any atom is 0.239 e. The van der Waals surface area contributed by atoms with Gasteiger partial charge in [-0.15, -0.1) is 0 Å². The van der Waals surface area contributed by atoms with Crippen molar-refractivity contribution in [3.63, 3.8) is 0 Å². The van der Waals surface area contributed by atoms with Crippen molar-refractivity contribution in [3.8, 4) is 11.1 Å². The summed E-state index contributed by atoms with van der Waals surface area (Å²) in [7, 11) is 0. The SMILES string of the molecule is CCCNC(=O)C1(CCCC2OC=CO2)c2ccccc2-c2ccccc21. The van der Waals surface area contributed by atoms with Crippen LogP contribution in [-0.4, -0.2) is 18.7 Å². The number of nitrogens with one attached hydrogen (secondary N) is 1. The van der Waals surface area contributed by atoms with Crippen LogP contribution in [0.4, 0.5) is 0 Å². The minimum atomic E-state index is -0.658. The van der Waals surface area contributed by atoms with Crippen molar-refractivity contribution >= 4 is 5.91 Å². The first-order valence-electron chi connectivity index (χ1n) is 9.71. The van der Waals surface area contributed by atoms with E-state index in [0.717, 1.165) is 47.9 Å². The van der Waals surface area contributed by atoms with Crippen molar-refractivity contribution in [2.45, 2.75) is 44.3 Å². The first-order chi connectivity index (χ1) is 13.3. The number of amides is 1. The summed E-state index contributed by atoms with van der Waals surface area (Å²) in [5.41, 5.74) is 3.87. The fourth-order valence-corrected chi connectivity index (χ4v) is 4.28. The van der Waals surface area contributed by atoms with Crippen molar-refractivity contribution in [3.05, 3.63) is 72.2 Å². The molecule has 4 heteroatoms. The zero-order valence-electron chi connectivity index (χ0n) is 15.6. The van der Waals surface area contributed by atoms with Gasteiger partial charge in [-0.25, -0.2) is 0 Å². The first kappa shape index (κ1) is 17.7. The van der Waals surface area contributed by atoms with Gasteiger partial charge in [-0.3, -0.25) is 4.79 Å². The Kier molecular flexibility index (Phi) is 4.88. The van der Waals surface area contributed by atoms with Crippen LogP contribution >= 0.6 is 0 Å². The van der Waals surface area contributed by atoms with E-state index >= 15 is 0 Å². The van der Waals surface area contributed by atoms with Crippen molar-refractivity contribution in [1.82, 2.24) is 5.32 Å². The lowest BCUT2D eigenvalue weighted by Crippen LogP contribution is -2.44. The predicted molar refractivity (Wildman–Crippen MR) is 105 cm³/mol. The van der Waals surface area contributed by atoms with E-state index in [1.165, 1.54) is 0 Å². The van der Waals surface area contributed by atoms with Gasteiger partial charge in [0.15, 0.2) is 0 Å². The van der Waals surface area contributed by atoms with E-state index in [-0.39, 0.29) is 12.2 Å². The first-order valence-corrected chi connectivity index (χ1v) is 9.71. The molecule has 4 nitrogen and oxygen atoms in total. The largest absolute Gasteiger partial charge is 0.459 e. The number of ether oxygens (including phenoxy) is 2. The Hall–Kier alpha value is -2.75. The third-order valence-electron chi connectivity index (χ3n) is 5.49. The lowest BCUT2D eigenvalue weighted by molar-refractivity contribution is -0.125. The molecule has 0 fully saturated rings. The second-order valence-corrected chi connectivity index (χ2v) is 7.12. The number of hydrogen-bond donors (Lipinski definition) is 1. The van der Waals surface area contributed by atoms with Gasteiger partial charge in [0.05, 0.1) is 0 Å². The highest BCUT2D eigenvalue weighted by Crippen LogP contribution is 2.51. The zero-order chi connectivity index (χ0) is 18.7. The predicted octanol–water partition coefficient (Wildman–Crippen LogP) is 4.49. The molecule has 0 saturated carbocycles. The summed E-state index contributed by atoms with van der Waals surface area (Å²) in [6.07, 6.45) is 6.13. The van der Waals surface area contributed by atoms with Crippen molar-refractivity contribution in [2.24, 2.45) is 0 Å². The minimum Gasteiger partial charge on any atom is -0.459 e. The van der Waals surface area contributed by atoms with Crippen LogP contribution in [0.25, 0.3) is 11.1 Å². The van der Waals surface area contributed by atoms with E-state index in [1.54, 1.807) is 12.5 Å². The Labute approximate surface area is 160 Å². The average molecular weight is 363 g/mol. The summed E-state index contributed by atoms with van der Waals surface area (Å²) >= 11 is 0. The van der Waals surface area contributed by atoms with Crippen LogP contribution in [0, 0.1) is 0 Å². The second-order valence-electron chi connectivity index (χ2n) is 7.12. The van der Waals surface area contributed by atoms with Gasteiger partial charge in [0.1, 0.15) is 17.9 Å². The van der Waals surface area contributed by atoms with Gasteiger partial charge in [-0.2, -0.15) is 0 Å². The summed E-state index contributed by atoms with van der Waals surface area (Å²) in [4.78, 5) is 13.5. The Morgan fingerprint density at radius 2 is 1.59 bits per heavy atom. The van der Waals surface area contributed by atoms with Crippen LogP contribution in [-0.2, 0) is 19.7 Å². The molecule has 1 aliphatic carbocycles. The topological polar surface area (TPSA) is 47.6 Å². The zero-order valence-corrected chi connectivity index (χ0v) is 15.6. The molecule has 1 heterocycles. The lowest BCUT2D eigenvalue weighted by atomic mass is 9.73. The molecule has 2 aromatic rings. The van der Waals surface area contributed by atoms with E-state index in [1.807, 2.05) is 24.3 Å². The Morgan fingerprint density at radius 1 is 1.00 bits per heavy atom. The highest BCUT2D eigenvalue weighted by Gasteiger charge is 2.48. The molecule has 4 rings (SSSR count). The van der Waals surface area contributed by atoms with Crippen molar-refractivity contribution in [2.75, 3.05) is 6.54 Å². The van der Waals surface area contributed by atoms with Crippen LogP contribution in [0.3, 0.4) is 0 Å². The fourth-order valence-electron chi connectivity index (χ4n) is 4.28. The highest BCUT2D eigenvalue weighted by molar-refractivity contribution is 6.00. The molecule has 0 bridgehead atoms. The molecule has 1 amide bonds. The van der Waals surface area contributed by atoms with E-state index < -0.39 is 5.41 Å².